The predicted molar refractivity (Wildman–Crippen MR) is 104 cm³/mol. The van der Waals surface area contributed by atoms with Gasteiger partial charge in [0.05, 0.1) is 12.8 Å². The number of pyridine rings is 1. The minimum atomic E-state index is -0.210. The van der Waals surface area contributed by atoms with Crippen LogP contribution in [-0.4, -0.2) is 34.8 Å². The number of amides is 1. The van der Waals surface area contributed by atoms with E-state index in [1.165, 1.54) is 7.11 Å². The summed E-state index contributed by atoms with van der Waals surface area (Å²) < 4.78 is 5.06. The number of nitrogens with one attached hydrogen (secondary N) is 1. The van der Waals surface area contributed by atoms with Crippen molar-refractivity contribution in [1.29, 1.82) is 0 Å². The minimum absolute atomic E-state index is 0.0937. The normalized spacial score (nSPS) is 11.9. The quantitative estimate of drug-likeness (QED) is 0.373. The van der Waals surface area contributed by atoms with Gasteiger partial charge in [-0.15, -0.1) is 0 Å². The van der Waals surface area contributed by atoms with Crippen LogP contribution < -0.4 is 5.32 Å². The summed E-state index contributed by atoms with van der Waals surface area (Å²) in [7, 11) is 1.52. The maximum Gasteiger partial charge on any atom is 0.251 e. The lowest BCUT2D eigenvalue weighted by Gasteiger charge is -2.06. The maximum absolute atomic E-state index is 12.3. The number of carbonyl (C=O) groups excluding carboxylic acids is 1. The van der Waals surface area contributed by atoms with Crippen LogP contribution in [-0.2, 0) is 4.74 Å². The van der Waals surface area contributed by atoms with Crippen LogP contribution in [0.3, 0.4) is 0 Å². The average Bonchev–Trinajstić information content (AvgIpc) is 2.68. The van der Waals surface area contributed by atoms with E-state index in [1.807, 2.05) is 13.0 Å². The molecule has 0 fully saturated rings. The third kappa shape index (κ3) is 5.88. The lowest BCUT2D eigenvalue weighted by Crippen LogP contribution is -2.24. The molecule has 0 aliphatic heterocycles. The number of aliphatic hydroxyl groups is 1. The van der Waals surface area contributed by atoms with Gasteiger partial charge in [-0.1, -0.05) is 25.1 Å². The highest BCUT2D eigenvalue weighted by Gasteiger charge is 2.08. The van der Waals surface area contributed by atoms with E-state index in [9.17, 15) is 15.0 Å². The summed E-state index contributed by atoms with van der Waals surface area (Å²) in [5.41, 5.74) is 1.84. The van der Waals surface area contributed by atoms with Gasteiger partial charge in [0.25, 0.3) is 5.91 Å². The van der Waals surface area contributed by atoms with Crippen molar-refractivity contribution in [2.75, 3.05) is 13.7 Å². The molecule has 0 aliphatic carbocycles. The van der Waals surface area contributed by atoms with Crippen molar-refractivity contribution in [3.05, 3.63) is 71.8 Å². The first-order valence-electron chi connectivity index (χ1n) is 8.71. The summed E-state index contributed by atoms with van der Waals surface area (Å²) in [6.07, 6.45) is 6.08. The highest BCUT2D eigenvalue weighted by Crippen LogP contribution is 2.21. The number of phenolic OH excluding ortho intramolecular Hbond substituents is 1. The second-order valence-electron chi connectivity index (χ2n) is 5.79. The molecule has 0 atom stereocenters. The standard InChI is InChI=1S/C21H24N2O4/c1-3-20(27-2)19(25)9-4-5-11-23-21(26)16-10-12-22-18(14-16)15-7-6-8-17(24)13-15/h4,6-10,12-14,24-25H,3,5,11H2,1-2H3,(H,23,26)/b9-4-,20-19-. The molecule has 6 nitrogen and oxygen atoms in total. The van der Waals surface area contributed by atoms with Crippen molar-refractivity contribution in [2.45, 2.75) is 19.8 Å². The van der Waals surface area contributed by atoms with Crippen LogP contribution in [0.1, 0.15) is 30.1 Å². The molecule has 0 bridgehead atoms. The second-order valence-corrected chi connectivity index (χ2v) is 5.79. The van der Waals surface area contributed by atoms with E-state index in [0.717, 1.165) is 5.56 Å². The van der Waals surface area contributed by atoms with Crippen LogP contribution in [0.2, 0.25) is 0 Å². The first-order valence-corrected chi connectivity index (χ1v) is 8.71. The van der Waals surface area contributed by atoms with Gasteiger partial charge in [0, 0.05) is 30.3 Å². The summed E-state index contributed by atoms with van der Waals surface area (Å²) in [6, 6.07) is 10.0. The number of methoxy groups -OCH3 is 1. The van der Waals surface area contributed by atoms with Crippen LogP contribution in [0.4, 0.5) is 0 Å². The summed E-state index contributed by atoms with van der Waals surface area (Å²) >= 11 is 0. The Morgan fingerprint density at radius 3 is 2.81 bits per heavy atom. The first kappa shape index (κ1) is 20.0. The largest absolute Gasteiger partial charge is 0.508 e. The fraction of sp³-hybridized carbons (Fsp3) is 0.238. The number of aromatic hydroxyl groups is 1. The van der Waals surface area contributed by atoms with Crippen molar-refractivity contribution in [3.8, 4) is 17.0 Å². The zero-order valence-corrected chi connectivity index (χ0v) is 15.5. The van der Waals surface area contributed by atoms with E-state index >= 15 is 0 Å². The molecule has 0 spiro atoms. The van der Waals surface area contributed by atoms with E-state index in [2.05, 4.69) is 10.3 Å². The van der Waals surface area contributed by atoms with Gasteiger partial charge in [0.15, 0.2) is 5.76 Å². The van der Waals surface area contributed by atoms with Crippen LogP contribution in [0.25, 0.3) is 11.3 Å². The molecule has 2 aromatic rings. The number of phenols is 1. The zero-order chi connectivity index (χ0) is 19.6. The number of nitrogens with zero attached hydrogens (tertiary/aromatic N) is 1. The van der Waals surface area contributed by atoms with Gasteiger partial charge in [-0.25, -0.2) is 0 Å². The van der Waals surface area contributed by atoms with Crippen molar-refractivity contribution in [2.24, 2.45) is 0 Å². The van der Waals surface area contributed by atoms with Crippen LogP contribution in [0.15, 0.2) is 66.3 Å². The molecule has 1 amide bonds. The van der Waals surface area contributed by atoms with Crippen molar-refractivity contribution < 1.29 is 19.7 Å². The Kier molecular flexibility index (Phi) is 7.43. The fourth-order valence-electron chi connectivity index (χ4n) is 2.48. The van der Waals surface area contributed by atoms with E-state index < -0.39 is 0 Å². The molecule has 27 heavy (non-hydrogen) atoms. The highest BCUT2D eigenvalue weighted by molar-refractivity contribution is 5.95. The van der Waals surface area contributed by atoms with Crippen LogP contribution in [0, 0.1) is 0 Å². The van der Waals surface area contributed by atoms with Gasteiger partial charge in [-0.05, 0) is 36.8 Å². The fourth-order valence-corrected chi connectivity index (χ4v) is 2.48. The molecule has 2 rings (SSSR count). The number of hydrogen-bond acceptors (Lipinski definition) is 5. The summed E-state index contributed by atoms with van der Waals surface area (Å²) in [5, 5.41) is 22.2. The zero-order valence-electron chi connectivity index (χ0n) is 15.5. The number of allylic oxidation sites excluding steroid dienone is 2. The van der Waals surface area contributed by atoms with Gasteiger partial charge >= 0.3 is 0 Å². The Labute approximate surface area is 158 Å². The number of benzene rings is 1. The summed E-state index contributed by atoms with van der Waals surface area (Å²) in [5.74, 6) is 0.550. The van der Waals surface area contributed by atoms with E-state index in [4.69, 9.17) is 4.74 Å². The Bertz CT molecular complexity index is 838. The molecule has 0 unspecified atom stereocenters. The first-order chi connectivity index (χ1) is 13.0. The molecular weight excluding hydrogens is 344 g/mol. The minimum Gasteiger partial charge on any atom is -0.508 e. The molecule has 0 aliphatic rings. The van der Waals surface area contributed by atoms with Crippen molar-refractivity contribution >= 4 is 5.91 Å². The Morgan fingerprint density at radius 1 is 1.30 bits per heavy atom. The van der Waals surface area contributed by atoms with Gasteiger partial charge in [0.2, 0.25) is 0 Å². The van der Waals surface area contributed by atoms with Gasteiger partial charge < -0.3 is 20.3 Å². The maximum atomic E-state index is 12.3. The molecule has 6 heteroatoms. The topological polar surface area (TPSA) is 91.7 Å². The third-order valence-corrected chi connectivity index (χ3v) is 3.89. The Morgan fingerprint density at radius 2 is 2.11 bits per heavy atom. The van der Waals surface area contributed by atoms with Crippen molar-refractivity contribution in [1.82, 2.24) is 10.3 Å². The van der Waals surface area contributed by atoms with Gasteiger partial charge in [-0.2, -0.15) is 0 Å². The van der Waals surface area contributed by atoms with Crippen LogP contribution >= 0.6 is 0 Å². The number of rotatable bonds is 8. The molecule has 0 saturated carbocycles. The molecule has 0 radical (unpaired) electrons. The monoisotopic (exact) mass is 368 g/mol. The number of carbonyl (C=O) groups is 1. The second kappa shape index (κ2) is 10.0. The molecule has 1 heterocycles. The van der Waals surface area contributed by atoms with E-state index in [-0.39, 0.29) is 17.4 Å². The SMILES string of the molecule is CC/C(OC)=C(O)\C=C/CCNC(=O)c1ccnc(-c2cccc(O)c2)c1. The molecule has 142 valence electrons. The number of hydrogen-bond donors (Lipinski definition) is 3. The lowest BCUT2D eigenvalue weighted by atomic mass is 10.1. The molecule has 0 saturated heterocycles. The summed E-state index contributed by atoms with van der Waals surface area (Å²) in [6.45, 7) is 2.32. The number of aliphatic hydroxyl groups excluding tert-OH is 1. The summed E-state index contributed by atoms with van der Waals surface area (Å²) in [4.78, 5) is 16.5. The highest BCUT2D eigenvalue weighted by atomic mass is 16.5. The predicted octanol–water partition coefficient (Wildman–Crippen LogP) is 3.96. The number of ether oxygens (including phenoxy) is 1. The third-order valence-electron chi connectivity index (χ3n) is 3.89. The van der Waals surface area contributed by atoms with E-state index in [0.29, 0.717) is 36.4 Å². The van der Waals surface area contributed by atoms with Crippen molar-refractivity contribution in [3.63, 3.8) is 0 Å². The molecular formula is C21H24N2O4. The smallest absolute Gasteiger partial charge is 0.251 e. The lowest BCUT2D eigenvalue weighted by molar-refractivity contribution is 0.0954. The molecule has 1 aromatic heterocycles. The molecule has 1 aromatic carbocycles. The Balaban J connectivity index is 1.93. The Hall–Kier alpha value is -3.28. The average molecular weight is 368 g/mol. The number of aromatic nitrogens is 1. The molecule has 3 N–H and O–H groups in total. The van der Waals surface area contributed by atoms with E-state index in [1.54, 1.807) is 48.7 Å². The van der Waals surface area contributed by atoms with Crippen LogP contribution in [0.5, 0.6) is 5.75 Å². The van der Waals surface area contributed by atoms with Gasteiger partial charge in [-0.3, -0.25) is 9.78 Å². The van der Waals surface area contributed by atoms with Gasteiger partial charge in [0.1, 0.15) is 11.5 Å².